The molecule has 0 saturated heterocycles. The van der Waals surface area contributed by atoms with Crippen molar-refractivity contribution in [2.24, 2.45) is 0 Å². The summed E-state index contributed by atoms with van der Waals surface area (Å²) >= 11 is 0. The Balaban J connectivity index is 2.07. The third-order valence-corrected chi connectivity index (χ3v) is 3.92. The molecule has 0 aliphatic rings. The van der Waals surface area contributed by atoms with E-state index in [9.17, 15) is 9.59 Å². The lowest BCUT2D eigenvalue weighted by atomic mass is 10.1. The number of hydrogen-bond donors (Lipinski definition) is 1. The van der Waals surface area contributed by atoms with Crippen molar-refractivity contribution in [1.82, 2.24) is 10.2 Å². The van der Waals surface area contributed by atoms with Crippen molar-refractivity contribution in [2.45, 2.75) is 26.4 Å². The molecule has 0 aliphatic carbocycles. The SMILES string of the molecule is CNC(=O)c1ccc(/C=C/C(=O)N(Cc2ccccc2)C(C)C)cc1. The Hall–Kier alpha value is -2.88. The van der Waals surface area contributed by atoms with Gasteiger partial charge in [-0.2, -0.15) is 0 Å². The van der Waals surface area contributed by atoms with Crippen LogP contribution in [0.3, 0.4) is 0 Å². The van der Waals surface area contributed by atoms with E-state index in [4.69, 9.17) is 0 Å². The molecule has 0 atom stereocenters. The van der Waals surface area contributed by atoms with Crippen LogP contribution in [0.1, 0.15) is 35.3 Å². The van der Waals surface area contributed by atoms with Gasteiger partial charge < -0.3 is 10.2 Å². The van der Waals surface area contributed by atoms with Crippen LogP contribution in [0.5, 0.6) is 0 Å². The molecule has 2 aromatic carbocycles. The van der Waals surface area contributed by atoms with Crippen LogP contribution >= 0.6 is 0 Å². The van der Waals surface area contributed by atoms with E-state index in [0.717, 1.165) is 11.1 Å². The standard InChI is InChI=1S/C21H24N2O2/c1-16(2)23(15-18-7-5-4-6-8-18)20(24)14-11-17-9-12-19(13-10-17)21(25)22-3/h4-14,16H,15H2,1-3H3,(H,22,25)/b14-11+. The van der Waals surface area contributed by atoms with Gasteiger partial charge in [0.25, 0.3) is 5.91 Å². The summed E-state index contributed by atoms with van der Waals surface area (Å²) in [5, 5.41) is 2.58. The lowest BCUT2D eigenvalue weighted by Gasteiger charge is -2.25. The summed E-state index contributed by atoms with van der Waals surface area (Å²) in [6.45, 7) is 4.59. The summed E-state index contributed by atoms with van der Waals surface area (Å²) in [7, 11) is 1.60. The number of benzene rings is 2. The Morgan fingerprint density at radius 3 is 2.24 bits per heavy atom. The first-order chi connectivity index (χ1) is 12.0. The number of amides is 2. The molecule has 0 radical (unpaired) electrons. The lowest BCUT2D eigenvalue weighted by Crippen LogP contribution is -2.35. The lowest BCUT2D eigenvalue weighted by molar-refractivity contribution is -0.128. The molecule has 2 aromatic rings. The quantitative estimate of drug-likeness (QED) is 0.821. The first-order valence-electron chi connectivity index (χ1n) is 8.36. The predicted octanol–water partition coefficient (Wildman–Crippen LogP) is 3.50. The second-order valence-electron chi connectivity index (χ2n) is 6.08. The van der Waals surface area contributed by atoms with Crippen LogP contribution in [0, 0.1) is 0 Å². The van der Waals surface area contributed by atoms with E-state index in [1.807, 2.05) is 61.2 Å². The molecule has 0 bridgehead atoms. The molecule has 130 valence electrons. The van der Waals surface area contributed by atoms with Gasteiger partial charge in [-0.15, -0.1) is 0 Å². The number of hydrogen-bond acceptors (Lipinski definition) is 2. The van der Waals surface area contributed by atoms with E-state index in [0.29, 0.717) is 12.1 Å². The zero-order chi connectivity index (χ0) is 18.2. The molecule has 0 spiro atoms. The van der Waals surface area contributed by atoms with Gasteiger partial charge in [-0.05, 0) is 43.2 Å². The Morgan fingerprint density at radius 2 is 1.68 bits per heavy atom. The summed E-state index contributed by atoms with van der Waals surface area (Å²) in [6.07, 6.45) is 3.36. The highest BCUT2D eigenvalue weighted by molar-refractivity contribution is 5.94. The van der Waals surface area contributed by atoms with Gasteiger partial charge in [-0.3, -0.25) is 9.59 Å². The van der Waals surface area contributed by atoms with Gasteiger partial charge in [0.15, 0.2) is 0 Å². The topological polar surface area (TPSA) is 49.4 Å². The highest BCUT2D eigenvalue weighted by Crippen LogP contribution is 2.11. The second-order valence-corrected chi connectivity index (χ2v) is 6.08. The molecule has 0 aromatic heterocycles. The normalized spacial score (nSPS) is 10.9. The molecule has 0 saturated carbocycles. The molecule has 0 unspecified atom stereocenters. The molecule has 25 heavy (non-hydrogen) atoms. The molecule has 4 nitrogen and oxygen atoms in total. The van der Waals surface area contributed by atoms with E-state index in [2.05, 4.69) is 5.32 Å². The van der Waals surface area contributed by atoms with Crippen molar-refractivity contribution in [3.8, 4) is 0 Å². The van der Waals surface area contributed by atoms with Crippen molar-refractivity contribution < 1.29 is 9.59 Å². The minimum absolute atomic E-state index is 0.0331. The summed E-state index contributed by atoms with van der Waals surface area (Å²) in [5.41, 5.74) is 2.58. The maximum atomic E-state index is 12.6. The van der Waals surface area contributed by atoms with E-state index in [-0.39, 0.29) is 17.9 Å². The van der Waals surface area contributed by atoms with Crippen LogP contribution in [0.4, 0.5) is 0 Å². The van der Waals surface area contributed by atoms with Gasteiger partial charge in [0.1, 0.15) is 0 Å². The number of nitrogens with one attached hydrogen (secondary N) is 1. The van der Waals surface area contributed by atoms with Crippen molar-refractivity contribution in [3.05, 3.63) is 77.4 Å². The number of rotatable bonds is 6. The van der Waals surface area contributed by atoms with Gasteiger partial charge in [-0.1, -0.05) is 42.5 Å². The van der Waals surface area contributed by atoms with Crippen molar-refractivity contribution in [3.63, 3.8) is 0 Å². The average Bonchev–Trinajstić information content (AvgIpc) is 2.64. The minimum atomic E-state index is -0.125. The van der Waals surface area contributed by atoms with Crippen LogP contribution in [0.2, 0.25) is 0 Å². The largest absolute Gasteiger partial charge is 0.355 e. The van der Waals surface area contributed by atoms with Crippen LogP contribution in [-0.2, 0) is 11.3 Å². The van der Waals surface area contributed by atoms with Gasteiger partial charge in [0.2, 0.25) is 5.91 Å². The number of carbonyl (C=O) groups excluding carboxylic acids is 2. The average molecular weight is 336 g/mol. The highest BCUT2D eigenvalue weighted by Gasteiger charge is 2.14. The zero-order valence-corrected chi connectivity index (χ0v) is 14.9. The van der Waals surface area contributed by atoms with Crippen molar-refractivity contribution in [1.29, 1.82) is 0 Å². The summed E-state index contributed by atoms with van der Waals surface area (Å²) in [6, 6.07) is 17.2. The summed E-state index contributed by atoms with van der Waals surface area (Å²) < 4.78 is 0. The Bertz CT molecular complexity index is 734. The van der Waals surface area contributed by atoms with E-state index >= 15 is 0 Å². The fourth-order valence-corrected chi connectivity index (χ4v) is 2.45. The minimum Gasteiger partial charge on any atom is -0.355 e. The van der Waals surface area contributed by atoms with E-state index in [1.165, 1.54) is 0 Å². The molecular weight excluding hydrogens is 312 g/mol. The van der Waals surface area contributed by atoms with Crippen molar-refractivity contribution >= 4 is 17.9 Å². The number of carbonyl (C=O) groups is 2. The fraction of sp³-hybridized carbons (Fsp3) is 0.238. The molecule has 0 aliphatic heterocycles. The van der Waals surface area contributed by atoms with Gasteiger partial charge >= 0.3 is 0 Å². The van der Waals surface area contributed by atoms with Gasteiger partial charge in [0, 0.05) is 31.3 Å². The maximum Gasteiger partial charge on any atom is 0.251 e. The summed E-state index contributed by atoms with van der Waals surface area (Å²) in [5.74, 6) is -0.158. The maximum absolute atomic E-state index is 12.6. The van der Waals surface area contributed by atoms with Gasteiger partial charge in [0.05, 0.1) is 0 Å². The molecule has 1 N–H and O–H groups in total. The Morgan fingerprint density at radius 1 is 1.04 bits per heavy atom. The monoisotopic (exact) mass is 336 g/mol. The molecule has 2 amide bonds. The van der Waals surface area contributed by atoms with Crippen LogP contribution in [0.25, 0.3) is 6.08 Å². The number of nitrogens with zero attached hydrogens (tertiary/aromatic N) is 1. The van der Waals surface area contributed by atoms with Gasteiger partial charge in [-0.25, -0.2) is 0 Å². The molecule has 0 heterocycles. The van der Waals surface area contributed by atoms with Crippen LogP contribution in [-0.4, -0.2) is 29.8 Å². The zero-order valence-electron chi connectivity index (χ0n) is 14.9. The third kappa shape index (κ3) is 5.31. The molecular formula is C21H24N2O2. The first kappa shape index (κ1) is 18.5. The molecule has 2 rings (SSSR count). The third-order valence-electron chi connectivity index (χ3n) is 3.92. The van der Waals surface area contributed by atoms with E-state index < -0.39 is 0 Å². The van der Waals surface area contributed by atoms with Crippen LogP contribution < -0.4 is 5.32 Å². The second kappa shape index (κ2) is 8.83. The van der Waals surface area contributed by atoms with Crippen molar-refractivity contribution in [2.75, 3.05) is 7.05 Å². The fourth-order valence-electron chi connectivity index (χ4n) is 2.45. The summed E-state index contributed by atoms with van der Waals surface area (Å²) in [4.78, 5) is 25.9. The smallest absolute Gasteiger partial charge is 0.251 e. The first-order valence-corrected chi connectivity index (χ1v) is 8.36. The Kier molecular flexibility index (Phi) is 6.52. The Labute approximate surface area is 149 Å². The molecule has 4 heteroatoms. The van der Waals surface area contributed by atoms with Crippen LogP contribution in [0.15, 0.2) is 60.7 Å². The molecule has 0 fully saturated rings. The van der Waals surface area contributed by atoms with E-state index in [1.54, 1.807) is 31.3 Å². The predicted molar refractivity (Wildman–Crippen MR) is 101 cm³/mol. The highest BCUT2D eigenvalue weighted by atomic mass is 16.2.